The minimum Gasteiger partial charge on any atom is -0.325 e. The van der Waals surface area contributed by atoms with Crippen molar-refractivity contribution in [2.45, 2.75) is 89.7 Å². The van der Waals surface area contributed by atoms with Crippen molar-refractivity contribution in [1.82, 2.24) is 0 Å². The van der Waals surface area contributed by atoms with Gasteiger partial charge in [-0.1, -0.05) is 171 Å². The van der Waals surface area contributed by atoms with E-state index in [0.717, 1.165) is 73.4 Å². The van der Waals surface area contributed by atoms with Crippen LogP contribution in [0.2, 0.25) is 12.6 Å². The fourth-order valence-corrected chi connectivity index (χ4v) is 6.59. The lowest BCUT2D eigenvalue weighted by molar-refractivity contribution is 0.729. The molecule has 50 heavy (non-hydrogen) atoms. The van der Waals surface area contributed by atoms with Gasteiger partial charge in [-0.2, -0.15) is 0 Å². The van der Waals surface area contributed by atoms with Crippen LogP contribution < -0.4 is 11.5 Å². The van der Waals surface area contributed by atoms with E-state index in [1.54, 1.807) is 0 Å². The van der Waals surface area contributed by atoms with Crippen LogP contribution in [0.5, 0.6) is 0 Å². The Labute approximate surface area is 305 Å². The van der Waals surface area contributed by atoms with Crippen LogP contribution in [-0.2, 0) is 36.6 Å². The number of allylic oxidation sites excluding steroid dienone is 8. The van der Waals surface area contributed by atoms with E-state index in [1.165, 1.54) is 22.3 Å². The van der Waals surface area contributed by atoms with E-state index in [4.69, 9.17) is 11.5 Å². The van der Waals surface area contributed by atoms with Crippen molar-refractivity contribution < 1.29 is 0 Å². The SMILES string of the molecule is CC=CCc1cccc(C(N)([B]CCCC[B]C(N)(c2cccc(CC=CC)c2)c2cccc(CC=CC)c2)c2cccc(CC=CC)c2)c1. The highest BCUT2D eigenvalue weighted by Crippen LogP contribution is 2.32. The predicted molar refractivity (Wildman–Crippen MR) is 220 cm³/mol. The van der Waals surface area contributed by atoms with Crippen LogP contribution in [0.15, 0.2) is 146 Å². The Bertz CT molecular complexity index is 1500. The summed E-state index contributed by atoms with van der Waals surface area (Å²) in [5.74, 6) is 0. The van der Waals surface area contributed by atoms with Gasteiger partial charge in [0.2, 0.25) is 0 Å². The third-order valence-corrected chi connectivity index (χ3v) is 9.57. The van der Waals surface area contributed by atoms with Crippen LogP contribution in [0, 0.1) is 0 Å². The maximum absolute atomic E-state index is 7.44. The molecule has 256 valence electrons. The van der Waals surface area contributed by atoms with E-state index < -0.39 is 10.9 Å². The molecule has 0 aliphatic heterocycles. The number of rotatable bonds is 19. The quantitative estimate of drug-likeness (QED) is 0.0599. The molecule has 4 aromatic carbocycles. The topological polar surface area (TPSA) is 52.0 Å². The lowest BCUT2D eigenvalue weighted by Crippen LogP contribution is -2.44. The molecular formula is C46H56B2N2. The molecule has 0 heterocycles. The fourth-order valence-electron chi connectivity index (χ4n) is 6.59. The summed E-state index contributed by atoms with van der Waals surface area (Å²) in [5, 5.41) is 0. The smallest absolute Gasteiger partial charge is 0.149 e. The molecule has 4 N–H and O–H groups in total. The second-order valence-corrected chi connectivity index (χ2v) is 13.3. The van der Waals surface area contributed by atoms with Gasteiger partial charge in [0, 0.05) is 10.9 Å². The summed E-state index contributed by atoms with van der Waals surface area (Å²) < 4.78 is 0. The average Bonchev–Trinajstić information content (AvgIpc) is 3.16. The summed E-state index contributed by atoms with van der Waals surface area (Å²) in [6.45, 7) is 8.27. The molecule has 4 aromatic rings. The minimum atomic E-state index is -0.694. The standard InChI is InChI=1S/C46H56B2N2/c1-5-9-19-37-23-15-27-41(33-37)45(49,42-28-16-24-38(34-42)20-10-6-2)47-31-13-14-32-48-46(50,43-29-17-25-39(35-43)21-11-7-3)44-30-18-26-40(36-44)22-12-8-4/h5-12,15-18,23-30,33-36H,13-14,19-22,31-32,49-50H2,1-4H3. The number of unbranched alkanes of at least 4 members (excludes halogenated alkanes) is 1. The maximum atomic E-state index is 7.44. The van der Waals surface area contributed by atoms with Gasteiger partial charge in [-0.15, -0.1) is 0 Å². The zero-order valence-corrected chi connectivity index (χ0v) is 30.8. The summed E-state index contributed by atoms with van der Waals surface area (Å²) in [7, 11) is 4.67. The van der Waals surface area contributed by atoms with Gasteiger partial charge in [0.1, 0.15) is 14.6 Å². The first-order chi connectivity index (χ1) is 24.4. The monoisotopic (exact) mass is 658 g/mol. The Hall–Kier alpha value is -4.11. The Morgan fingerprint density at radius 3 is 0.940 bits per heavy atom. The number of nitrogens with two attached hydrogens (primary N) is 2. The Morgan fingerprint density at radius 1 is 0.440 bits per heavy atom. The fraction of sp³-hybridized carbons (Fsp3) is 0.304. The summed E-state index contributed by atoms with van der Waals surface area (Å²) in [6, 6.07) is 35.2. The largest absolute Gasteiger partial charge is 0.325 e. The first-order valence-electron chi connectivity index (χ1n) is 18.4. The Morgan fingerprint density at radius 2 is 0.700 bits per heavy atom. The van der Waals surface area contributed by atoms with E-state index in [2.05, 4.69) is 188 Å². The molecule has 0 saturated carbocycles. The van der Waals surface area contributed by atoms with Gasteiger partial charge in [0.05, 0.1) is 0 Å². The molecule has 0 saturated heterocycles. The highest BCUT2D eigenvalue weighted by Gasteiger charge is 2.32. The number of benzene rings is 4. The van der Waals surface area contributed by atoms with Crippen LogP contribution in [0.1, 0.15) is 85.0 Å². The van der Waals surface area contributed by atoms with E-state index in [-0.39, 0.29) is 0 Å². The second kappa shape index (κ2) is 19.9. The molecule has 0 aliphatic rings. The predicted octanol–water partition coefficient (Wildman–Crippen LogP) is 10.2. The molecule has 0 amide bonds. The molecule has 4 rings (SSSR count). The van der Waals surface area contributed by atoms with E-state index >= 15 is 0 Å². The zero-order valence-electron chi connectivity index (χ0n) is 30.8. The maximum Gasteiger partial charge on any atom is 0.149 e. The van der Waals surface area contributed by atoms with Gasteiger partial charge in [0.25, 0.3) is 0 Å². The molecule has 2 nitrogen and oxygen atoms in total. The van der Waals surface area contributed by atoms with Crippen molar-refractivity contribution in [2.24, 2.45) is 11.5 Å². The third-order valence-electron chi connectivity index (χ3n) is 9.57. The molecule has 4 heteroatoms. The molecule has 0 aliphatic carbocycles. The first-order valence-corrected chi connectivity index (χ1v) is 18.4. The molecule has 0 atom stereocenters. The molecular weight excluding hydrogens is 602 g/mol. The first kappa shape index (κ1) is 38.7. The summed E-state index contributed by atoms with van der Waals surface area (Å²) in [4.78, 5) is 0. The highest BCUT2D eigenvalue weighted by atomic mass is 14.7. The highest BCUT2D eigenvalue weighted by molar-refractivity contribution is 6.42. The van der Waals surface area contributed by atoms with Crippen molar-refractivity contribution >= 4 is 14.6 Å². The van der Waals surface area contributed by atoms with Crippen LogP contribution in [0.3, 0.4) is 0 Å². The van der Waals surface area contributed by atoms with Gasteiger partial charge in [0.15, 0.2) is 0 Å². The molecule has 0 fully saturated rings. The minimum absolute atomic E-state index is 0.694. The van der Waals surface area contributed by atoms with E-state index in [9.17, 15) is 0 Å². The van der Waals surface area contributed by atoms with Gasteiger partial charge < -0.3 is 11.5 Å². The van der Waals surface area contributed by atoms with Crippen LogP contribution in [0.25, 0.3) is 0 Å². The van der Waals surface area contributed by atoms with Gasteiger partial charge in [-0.25, -0.2) is 0 Å². The van der Waals surface area contributed by atoms with E-state index in [1.807, 2.05) is 0 Å². The van der Waals surface area contributed by atoms with Crippen molar-refractivity contribution in [2.75, 3.05) is 0 Å². The molecule has 0 unspecified atom stereocenters. The van der Waals surface area contributed by atoms with Gasteiger partial charge in [-0.05, 0) is 97.9 Å². The van der Waals surface area contributed by atoms with Gasteiger partial charge in [-0.3, -0.25) is 0 Å². The Balaban J connectivity index is 1.53. The molecule has 0 aromatic heterocycles. The van der Waals surface area contributed by atoms with Crippen molar-refractivity contribution in [3.05, 3.63) is 190 Å². The lowest BCUT2D eigenvalue weighted by atomic mass is 9.48. The summed E-state index contributed by atoms with van der Waals surface area (Å²) in [6.07, 6.45) is 24.6. The van der Waals surface area contributed by atoms with Crippen LogP contribution in [0.4, 0.5) is 0 Å². The summed E-state index contributed by atoms with van der Waals surface area (Å²) >= 11 is 0. The number of hydrogen-bond acceptors (Lipinski definition) is 2. The average molecular weight is 659 g/mol. The van der Waals surface area contributed by atoms with Gasteiger partial charge >= 0.3 is 0 Å². The van der Waals surface area contributed by atoms with Crippen molar-refractivity contribution in [3.8, 4) is 0 Å². The summed E-state index contributed by atoms with van der Waals surface area (Å²) in [5.41, 5.74) is 23.1. The Kier molecular flexibility index (Phi) is 15.4. The molecule has 2 radical (unpaired) electrons. The van der Waals surface area contributed by atoms with Crippen LogP contribution >= 0.6 is 0 Å². The van der Waals surface area contributed by atoms with Crippen LogP contribution in [-0.4, -0.2) is 14.6 Å². The lowest BCUT2D eigenvalue weighted by Gasteiger charge is -2.32. The zero-order chi connectivity index (χ0) is 35.7. The molecule has 0 spiro atoms. The second-order valence-electron chi connectivity index (χ2n) is 13.3. The number of hydrogen-bond donors (Lipinski definition) is 2. The van der Waals surface area contributed by atoms with E-state index in [0.29, 0.717) is 0 Å². The van der Waals surface area contributed by atoms with Crippen molar-refractivity contribution in [3.63, 3.8) is 0 Å². The normalized spacial score (nSPS) is 14.4. The third kappa shape index (κ3) is 10.7. The van der Waals surface area contributed by atoms with Crippen molar-refractivity contribution in [1.29, 1.82) is 0 Å². The molecule has 0 bridgehead atoms.